The summed E-state index contributed by atoms with van der Waals surface area (Å²) in [5, 5.41) is 12.1. The number of hydrogen-bond donors (Lipinski definition) is 2. The number of aliphatic hydroxyl groups is 1. The molecule has 0 heterocycles. The van der Waals surface area contributed by atoms with Crippen LogP contribution < -0.4 is 5.32 Å². The zero-order valence-corrected chi connectivity index (χ0v) is 8.64. The molecule has 0 aliphatic heterocycles. The Balaban J connectivity index is 2.37. The molecule has 3 nitrogen and oxygen atoms in total. The molecule has 0 radical (unpaired) electrons. The largest absolute Gasteiger partial charge is 0.388 e. The molecule has 0 bridgehead atoms. The number of nitrogens with one attached hydrogen (secondary N) is 1. The highest BCUT2D eigenvalue weighted by molar-refractivity contribution is 5.79. The predicted octanol–water partition coefficient (Wildman–Crippen LogP) is 1.45. The maximum absolute atomic E-state index is 11.9. The minimum atomic E-state index is -3.00. The number of carbonyl (C=O) groups excluding carboxylic acids is 1. The molecule has 1 amide bonds. The van der Waals surface area contributed by atoms with Gasteiger partial charge in [-0.1, -0.05) is 25.7 Å². The summed E-state index contributed by atoms with van der Waals surface area (Å²) in [6.45, 7) is -0.0594. The van der Waals surface area contributed by atoms with Crippen molar-refractivity contribution in [2.24, 2.45) is 0 Å². The normalized spacial score (nSPS) is 21.1. The van der Waals surface area contributed by atoms with Gasteiger partial charge in [0.15, 0.2) is 0 Å². The maximum Gasteiger partial charge on any atom is 0.315 e. The molecule has 0 saturated heterocycles. The van der Waals surface area contributed by atoms with Crippen molar-refractivity contribution in [3.8, 4) is 0 Å². The first-order chi connectivity index (χ1) is 7.03. The Hall–Kier alpha value is -0.710. The Kier molecular flexibility index (Phi) is 4.45. The first kappa shape index (κ1) is 12.4. The molecule has 0 aromatic carbocycles. The van der Waals surface area contributed by atoms with Gasteiger partial charge >= 0.3 is 6.43 Å². The molecule has 88 valence electrons. The molecule has 5 heteroatoms. The molecular weight excluding hydrogens is 204 g/mol. The molecular formula is C10H17F2NO2. The van der Waals surface area contributed by atoms with E-state index in [0.29, 0.717) is 12.8 Å². The fourth-order valence-corrected chi connectivity index (χ4v) is 1.89. The van der Waals surface area contributed by atoms with Gasteiger partial charge in [0, 0.05) is 6.54 Å². The Morgan fingerprint density at radius 2 is 1.80 bits per heavy atom. The quantitative estimate of drug-likeness (QED) is 0.709. The van der Waals surface area contributed by atoms with E-state index in [1.54, 1.807) is 0 Å². The van der Waals surface area contributed by atoms with Crippen molar-refractivity contribution in [2.75, 3.05) is 6.54 Å². The summed E-state index contributed by atoms with van der Waals surface area (Å²) in [7, 11) is 0. The second-order valence-corrected chi connectivity index (χ2v) is 4.16. The third-order valence-electron chi connectivity index (χ3n) is 2.82. The van der Waals surface area contributed by atoms with Gasteiger partial charge in [0.1, 0.15) is 0 Å². The Morgan fingerprint density at radius 1 is 1.27 bits per heavy atom. The summed E-state index contributed by atoms with van der Waals surface area (Å²) >= 11 is 0. The minimum Gasteiger partial charge on any atom is -0.388 e. The number of carbonyl (C=O) groups is 1. The Bertz CT molecular complexity index is 213. The summed E-state index contributed by atoms with van der Waals surface area (Å²) < 4.78 is 23.8. The van der Waals surface area contributed by atoms with Crippen LogP contribution in [0.2, 0.25) is 0 Å². The van der Waals surface area contributed by atoms with E-state index in [9.17, 15) is 18.7 Å². The van der Waals surface area contributed by atoms with Crippen molar-refractivity contribution < 1.29 is 18.7 Å². The smallest absolute Gasteiger partial charge is 0.315 e. The maximum atomic E-state index is 11.9. The molecule has 0 aromatic rings. The standard InChI is InChI=1S/C10H17F2NO2/c11-8(12)9(14)13-7-10(15)5-3-1-2-4-6-10/h8,15H,1-7H2,(H,13,14). The summed E-state index contributed by atoms with van der Waals surface area (Å²) in [6.07, 6.45) is 2.06. The average Bonchev–Trinajstić information content (AvgIpc) is 2.40. The third kappa shape index (κ3) is 4.11. The minimum absolute atomic E-state index is 0.0594. The first-order valence-electron chi connectivity index (χ1n) is 5.32. The van der Waals surface area contributed by atoms with Gasteiger partial charge in [-0.25, -0.2) is 0 Å². The summed E-state index contributed by atoms with van der Waals surface area (Å²) in [5.41, 5.74) is -0.985. The van der Waals surface area contributed by atoms with E-state index >= 15 is 0 Å². The number of rotatable bonds is 3. The zero-order valence-electron chi connectivity index (χ0n) is 8.64. The topological polar surface area (TPSA) is 49.3 Å². The fourth-order valence-electron chi connectivity index (χ4n) is 1.89. The van der Waals surface area contributed by atoms with Crippen molar-refractivity contribution in [1.82, 2.24) is 5.32 Å². The van der Waals surface area contributed by atoms with E-state index in [-0.39, 0.29) is 6.54 Å². The van der Waals surface area contributed by atoms with Crippen LogP contribution in [0.25, 0.3) is 0 Å². The van der Waals surface area contributed by atoms with Crippen LogP contribution in [0, 0.1) is 0 Å². The lowest BCUT2D eigenvalue weighted by Gasteiger charge is -2.26. The van der Waals surface area contributed by atoms with E-state index in [2.05, 4.69) is 5.32 Å². The lowest BCUT2D eigenvalue weighted by molar-refractivity contribution is -0.133. The summed E-state index contributed by atoms with van der Waals surface area (Å²) in [5.74, 6) is -1.30. The molecule has 0 unspecified atom stereocenters. The van der Waals surface area contributed by atoms with Crippen LogP contribution in [0.15, 0.2) is 0 Å². The van der Waals surface area contributed by atoms with Gasteiger partial charge in [-0.05, 0) is 12.8 Å². The molecule has 0 aromatic heterocycles. The van der Waals surface area contributed by atoms with Crippen molar-refractivity contribution in [3.63, 3.8) is 0 Å². The first-order valence-corrected chi connectivity index (χ1v) is 5.32. The fraction of sp³-hybridized carbons (Fsp3) is 0.900. The Morgan fingerprint density at radius 3 is 2.27 bits per heavy atom. The van der Waals surface area contributed by atoms with Crippen LogP contribution in [0.4, 0.5) is 8.78 Å². The van der Waals surface area contributed by atoms with Crippen LogP contribution >= 0.6 is 0 Å². The van der Waals surface area contributed by atoms with Crippen LogP contribution in [0.1, 0.15) is 38.5 Å². The van der Waals surface area contributed by atoms with Crippen LogP contribution in [0.3, 0.4) is 0 Å². The van der Waals surface area contributed by atoms with E-state index in [1.807, 2.05) is 0 Å². The number of amides is 1. The van der Waals surface area contributed by atoms with Crippen molar-refractivity contribution in [1.29, 1.82) is 0 Å². The molecule has 1 aliphatic carbocycles. The number of hydrogen-bond acceptors (Lipinski definition) is 2. The highest BCUT2D eigenvalue weighted by atomic mass is 19.3. The lowest BCUT2D eigenvalue weighted by Crippen LogP contribution is -2.44. The summed E-state index contributed by atoms with van der Waals surface area (Å²) in [4.78, 5) is 10.6. The Labute approximate surface area is 87.9 Å². The second-order valence-electron chi connectivity index (χ2n) is 4.16. The van der Waals surface area contributed by atoms with Crippen molar-refractivity contribution >= 4 is 5.91 Å². The molecule has 2 N–H and O–H groups in total. The van der Waals surface area contributed by atoms with Crippen LogP contribution in [-0.2, 0) is 4.79 Å². The monoisotopic (exact) mass is 221 g/mol. The second kappa shape index (κ2) is 5.39. The van der Waals surface area contributed by atoms with Gasteiger partial charge in [-0.3, -0.25) is 4.79 Å². The van der Waals surface area contributed by atoms with E-state index in [4.69, 9.17) is 0 Å². The molecule has 0 spiro atoms. The van der Waals surface area contributed by atoms with Crippen LogP contribution in [-0.4, -0.2) is 29.6 Å². The van der Waals surface area contributed by atoms with Gasteiger partial charge in [0.05, 0.1) is 5.60 Å². The third-order valence-corrected chi connectivity index (χ3v) is 2.82. The highest BCUT2D eigenvalue weighted by Gasteiger charge is 2.29. The molecule has 1 saturated carbocycles. The zero-order chi connectivity index (χ0) is 11.3. The predicted molar refractivity (Wildman–Crippen MR) is 51.7 cm³/mol. The molecule has 1 aliphatic rings. The average molecular weight is 221 g/mol. The summed E-state index contributed by atoms with van der Waals surface area (Å²) in [6, 6.07) is 0. The van der Waals surface area contributed by atoms with Gasteiger partial charge < -0.3 is 10.4 Å². The van der Waals surface area contributed by atoms with Gasteiger partial charge in [-0.2, -0.15) is 8.78 Å². The van der Waals surface area contributed by atoms with Gasteiger partial charge in [0.2, 0.25) is 0 Å². The SMILES string of the molecule is O=C(NCC1(O)CCCCCC1)C(F)F. The lowest BCUT2D eigenvalue weighted by atomic mass is 9.94. The van der Waals surface area contributed by atoms with E-state index in [1.165, 1.54) is 0 Å². The van der Waals surface area contributed by atoms with E-state index < -0.39 is 17.9 Å². The van der Waals surface area contributed by atoms with E-state index in [0.717, 1.165) is 25.7 Å². The van der Waals surface area contributed by atoms with Gasteiger partial charge in [0.25, 0.3) is 5.91 Å². The molecule has 15 heavy (non-hydrogen) atoms. The molecule has 1 fully saturated rings. The highest BCUT2D eigenvalue weighted by Crippen LogP contribution is 2.26. The van der Waals surface area contributed by atoms with Crippen LogP contribution in [0.5, 0.6) is 0 Å². The van der Waals surface area contributed by atoms with Gasteiger partial charge in [-0.15, -0.1) is 0 Å². The molecule has 0 atom stereocenters. The number of halogens is 2. The molecule has 1 rings (SSSR count). The number of alkyl halides is 2. The van der Waals surface area contributed by atoms with Crippen molar-refractivity contribution in [2.45, 2.75) is 50.6 Å². The van der Waals surface area contributed by atoms with Crippen molar-refractivity contribution in [3.05, 3.63) is 0 Å².